The molecule has 74 valence electrons. The Kier molecular flexibility index (Phi) is 1.67. The van der Waals surface area contributed by atoms with Crippen LogP contribution in [0.15, 0.2) is 0 Å². The molecule has 2 aliphatic rings. The third-order valence-corrected chi connectivity index (χ3v) is 3.31. The third-order valence-electron chi connectivity index (χ3n) is 2.43. The fourth-order valence-electron chi connectivity index (χ4n) is 1.95. The zero-order valence-electron chi connectivity index (χ0n) is 6.73. The Morgan fingerprint density at radius 2 is 2.38 bits per heavy atom. The molecule has 0 radical (unpaired) electrons. The van der Waals surface area contributed by atoms with E-state index in [0.29, 0.717) is 13.0 Å². The standard InChI is InChI=1S/C6H9NO5S/c8-5-4-1-6(12-5,2-7-4)3-13(9,10)11/h4,7H,1-3H2,(H,9,10,11)/t4-,6-/m0/s1. The molecule has 6 nitrogen and oxygen atoms in total. The van der Waals surface area contributed by atoms with Gasteiger partial charge in [-0.15, -0.1) is 0 Å². The largest absolute Gasteiger partial charge is 0.748 e. The van der Waals surface area contributed by atoms with Crippen molar-refractivity contribution in [1.29, 1.82) is 0 Å². The molecule has 0 unspecified atom stereocenters. The molecule has 2 heterocycles. The van der Waals surface area contributed by atoms with Crippen LogP contribution >= 0.6 is 0 Å². The van der Waals surface area contributed by atoms with Gasteiger partial charge in [0.05, 0.1) is 22.3 Å². The molecule has 2 fully saturated rings. The number of fused-ring (bicyclic) bond motifs is 2. The van der Waals surface area contributed by atoms with Gasteiger partial charge in [-0.1, -0.05) is 0 Å². The summed E-state index contributed by atoms with van der Waals surface area (Å²) in [5.74, 6) is -1.01. The van der Waals surface area contributed by atoms with Gasteiger partial charge < -0.3 is 14.6 Å². The van der Waals surface area contributed by atoms with Crippen LogP contribution in [0.4, 0.5) is 0 Å². The Morgan fingerprint density at radius 3 is 2.77 bits per heavy atom. The van der Waals surface area contributed by atoms with E-state index in [4.69, 9.17) is 4.74 Å². The zero-order valence-corrected chi connectivity index (χ0v) is 7.54. The summed E-state index contributed by atoms with van der Waals surface area (Å²) in [6.07, 6.45) is 0.341. The van der Waals surface area contributed by atoms with Gasteiger partial charge in [0.2, 0.25) is 0 Å². The second-order valence-corrected chi connectivity index (χ2v) is 4.96. The number of carbonyl (C=O) groups excluding carboxylic acids is 1. The first-order valence-electron chi connectivity index (χ1n) is 3.90. The SMILES string of the molecule is O=C1O[C@]2(CS(=O)(=O)[O-])C[NH2+][C@H]1C2. The van der Waals surface area contributed by atoms with Crippen molar-refractivity contribution in [3.63, 3.8) is 0 Å². The molecule has 0 aromatic carbocycles. The van der Waals surface area contributed by atoms with Crippen molar-refractivity contribution in [3.8, 4) is 0 Å². The van der Waals surface area contributed by atoms with Crippen LogP contribution < -0.4 is 5.32 Å². The van der Waals surface area contributed by atoms with E-state index >= 15 is 0 Å². The topological polar surface area (TPSA) is 100 Å². The summed E-state index contributed by atoms with van der Waals surface area (Å²) in [4.78, 5) is 11.0. The van der Waals surface area contributed by atoms with Crippen LogP contribution in [0.1, 0.15) is 6.42 Å². The average molecular weight is 207 g/mol. The van der Waals surface area contributed by atoms with E-state index in [9.17, 15) is 17.8 Å². The molecule has 2 saturated heterocycles. The van der Waals surface area contributed by atoms with Crippen molar-refractivity contribution in [3.05, 3.63) is 0 Å². The summed E-state index contributed by atoms with van der Waals surface area (Å²) in [7, 11) is -4.32. The lowest BCUT2D eigenvalue weighted by atomic mass is 10.1. The minimum atomic E-state index is -4.32. The van der Waals surface area contributed by atoms with Gasteiger partial charge >= 0.3 is 5.97 Å². The first-order chi connectivity index (χ1) is 5.90. The summed E-state index contributed by atoms with van der Waals surface area (Å²) in [6.45, 7) is 0.380. The predicted molar refractivity (Wildman–Crippen MR) is 38.6 cm³/mol. The number of hydrogen-bond acceptors (Lipinski definition) is 5. The Bertz CT molecular complexity index is 350. The van der Waals surface area contributed by atoms with E-state index in [2.05, 4.69) is 0 Å². The number of morpholine rings is 1. The van der Waals surface area contributed by atoms with Crippen LogP contribution in [-0.4, -0.2) is 42.9 Å². The van der Waals surface area contributed by atoms with E-state index < -0.39 is 27.4 Å². The van der Waals surface area contributed by atoms with Crippen molar-refractivity contribution in [2.45, 2.75) is 18.1 Å². The number of rotatable bonds is 2. The third kappa shape index (κ3) is 1.54. The molecule has 2 rings (SSSR count). The van der Waals surface area contributed by atoms with Crippen LogP contribution in [-0.2, 0) is 19.6 Å². The minimum Gasteiger partial charge on any atom is -0.748 e. The number of nitrogens with two attached hydrogens (primary N) is 1. The van der Waals surface area contributed by atoms with Crippen LogP contribution in [0.25, 0.3) is 0 Å². The van der Waals surface area contributed by atoms with E-state index in [0.717, 1.165) is 0 Å². The van der Waals surface area contributed by atoms with Gasteiger partial charge in [-0.3, -0.25) is 0 Å². The lowest BCUT2D eigenvalue weighted by molar-refractivity contribution is -0.670. The van der Waals surface area contributed by atoms with Crippen molar-refractivity contribution in [2.75, 3.05) is 12.3 Å². The monoisotopic (exact) mass is 207 g/mol. The summed E-state index contributed by atoms with van der Waals surface area (Å²) in [6, 6.07) is -0.304. The molecule has 2 aliphatic heterocycles. The molecule has 0 aromatic rings. The Labute approximate surface area is 75.0 Å². The maximum Gasteiger partial charge on any atom is 0.365 e. The summed E-state index contributed by atoms with van der Waals surface area (Å²) in [5.41, 5.74) is -1.04. The molecule has 13 heavy (non-hydrogen) atoms. The Hall–Kier alpha value is -0.660. The number of carbonyl (C=O) groups is 1. The number of ether oxygens (including phenoxy) is 1. The Morgan fingerprint density at radius 1 is 1.69 bits per heavy atom. The van der Waals surface area contributed by atoms with Crippen molar-refractivity contribution in [1.82, 2.24) is 0 Å². The average Bonchev–Trinajstić information content (AvgIpc) is 2.38. The minimum absolute atomic E-state index is 0.304. The summed E-state index contributed by atoms with van der Waals surface area (Å²) in [5, 5.41) is 1.72. The van der Waals surface area contributed by atoms with E-state index in [1.807, 2.05) is 0 Å². The molecule has 0 amide bonds. The van der Waals surface area contributed by atoms with Gasteiger partial charge in [-0.25, -0.2) is 13.2 Å². The maximum atomic E-state index is 11.0. The molecular weight excluding hydrogens is 198 g/mol. The van der Waals surface area contributed by atoms with Gasteiger partial charge in [-0.05, 0) is 0 Å². The van der Waals surface area contributed by atoms with Gasteiger partial charge in [0, 0.05) is 0 Å². The first kappa shape index (κ1) is 8.92. The predicted octanol–water partition coefficient (Wildman–Crippen LogP) is -2.84. The number of esters is 1. The lowest BCUT2D eigenvalue weighted by Crippen LogP contribution is -2.91. The molecule has 2 atom stereocenters. The molecule has 7 heteroatoms. The molecular formula is C6H9NO5S. The highest BCUT2D eigenvalue weighted by atomic mass is 32.2. The quantitative estimate of drug-likeness (QED) is 0.388. The molecule has 2 bridgehead atoms. The maximum absolute atomic E-state index is 11.0. The highest BCUT2D eigenvalue weighted by Crippen LogP contribution is 2.29. The van der Waals surface area contributed by atoms with Crippen LogP contribution in [0.3, 0.4) is 0 Å². The molecule has 0 aliphatic carbocycles. The summed E-state index contributed by atoms with van der Waals surface area (Å²) >= 11 is 0. The van der Waals surface area contributed by atoms with Crippen molar-refractivity contribution < 1.29 is 27.8 Å². The second kappa shape index (κ2) is 2.43. The van der Waals surface area contributed by atoms with Crippen LogP contribution in [0.2, 0.25) is 0 Å². The normalized spacial score (nSPS) is 37.9. The van der Waals surface area contributed by atoms with Crippen molar-refractivity contribution >= 4 is 16.1 Å². The number of quaternary nitrogens is 1. The fraction of sp³-hybridized carbons (Fsp3) is 0.833. The molecule has 0 spiro atoms. The highest BCUT2D eigenvalue weighted by molar-refractivity contribution is 7.85. The Balaban J connectivity index is 2.19. The second-order valence-electron chi connectivity index (χ2n) is 3.56. The van der Waals surface area contributed by atoms with Gasteiger partial charge in [0.25, 0.3) is 0 Å². The molecule has 0 saturated carbocycles. The fourth-order valence-corrected chi connectivity index (χ4v) is 2.88. The van der Waals surface area contributed by atoms with E-state index in [1.54, 1.807) is 5.32 Å². The lowest BCUT2D eigenvalue weighted by Gasteiger charge is -2.24. The smallest absolute Gasteiger partial charge is 0.365 e. The summed E-state index contributed by atoms with van der Waals surface area (Å²) < 4.78 is 36.4. The number of hydrogen-bond donors (Lipinski definition) is 1. The highest BCUT2D eigenvalue weighted by Gasteiger charge is 2.57. The first-order valence-corrected chi connectivity index (χ1v) is 5.48. The van der Waals surface area contributed by atoms with Crippen LogP contribution in [0.5, 0.6) is 0 Å². The zero-order chi connectivity index (χ0) is 9.69. The van der Waals surface area contributed by atoms with E-state index in [1.165, 1.54) is 0 Å². The molecule has 2 N–H and O–H groups in total. The van der Waals surface area contributed by atoms with Crippen molar-refractivity contribution in [2.24, 2.45) is 0 Å². The van der Waals surface area contributed by atoms with Gasteiger partial charge in [0.1, 0.15) is 6.54 Å². The van der Waals surface area contributed by atoms with Gasteiger partial charge in [0.15, 0.2) is 11.6 Å². The van der Waals surface area contributed by atoms with Gasteiger partial charge in [-0.2, -0.15) is 0 Å². The molecule has 0 aromatic heterocycles. The van der Waals surface area contributed by atoms with Crippen LogP contribution in [0, 0.1) is 0 Å². The van der Waals surface area contributed by atoms with E-state index in [-0.39, 0.29) is 6.04 Å².